The second-order valence-corrected chi connectivity index (χ2v) is 11.2. The third kappa shape index (κ3) is 5.70. The number of benzene rings is 3. The number of thioether (sulfide) groups is 1. The van der Waals surface area contributed by atoms with Gasteiger partial charge in [-0.25, -0.2) is 0 Å². The van der Waals surface area contributed by atoms with Gasteiger partial charge in [0.1, 0.15) is 4.90 Å². The Labute approximate surface area is 222 Å². The van der Waals surface area contributed by atoms with E-state index < -0.39 is 16.0 Å². The van der Waals surface area contributed by atoms with Gasteiger partial charge in [-0.3, -0.25) is 14.5 Å². The van der Waals surface area contributed by atoms with Gasteiger partial charge in [-0.15, -0.1) is 0 Å². The first kappa shape index (κ1) is 26.1. The second kappa shape index (κ2) is 10.6. The van der Waals surface area contributed by atoms with E-state index in [1.54, 1.807) is 0 Å². The number of carbonyl (C=O) groups excluding carboxylic acids is 2. The summed E-state index contributed by atoms with van der Waals surface area (Å²) in [5.74, 6) is -0.616. The zero-order chi connectivity index (χ0) is 26.0. The van der Waals surface area contributed by atoms with Crippen LogP contribution in [-0.2, 0) is 21.5 Å². The number of aryl methyl sites for hydroxylation is 1. The van der Waals surface area contributed by atoms with Gasteiger partial charge in [0.2, 0.25) is 5.75 Å². The molecule has 0 aliphatic carbocycles. The lowest BCUT2D eigenvalue weighted by Gasteiger charge is -2.14. The minimum absolute atomic E-state index is 0.0326. The summed E-state index contributed by atoms with van der Waals surface area (Å²) in [6.07, 6.45) is 1.49. The standard InChI is InChI=1S/C25H19Cl2NO6S2/c1-15-3-5-16(6-4-15)14-28-24(29)22(35-25(28)30)13-17-11-20(27)23(21(12-17)33-2)34-36(31,32)19-9-7-18(26)8-10-19/h3-13H,14H2,1-2H3/b22-13-. The van der Waals surface area contributed by atoms with Crippen LogP contribution in [0.2, 0.25) is 10.0 Å². The molecule has 2 amide bonds. The van der Waals surface area contributed by atoms with E-state index in [1.807, 2.05) is 31.2 Å². The fourth-order valence-electron chi connectivity index (χ4n) is 3.33. The zero-order valence-corrected chi connectivity index (χ0v) is 22.2. The molecule has 1 aliphatic heterocycles. The number of hydrogen-bond acceptors (Lipinski definition) is 7. The molecule has 0 saturated carbocycles. The normalized spacial score (nSPS) is 15.0. The van der Waals surface area contributed by atoms with Gasteiger partial charge in [-0.2, -0.15) is 8.42 Å². The van der Waals surface area contributed by atoms with E-state index in [2.05, 4.69) is 0 Å². The van der Waals surface area contributed by atoms with Crippen molar-refractivity contribution in [3.05, 3.63) is 92.3 Å². The molecule has 1 saturated heterocycles. The Morgan fingerprint density at radius 3 is 2.31 bits per heavy atom. The van der Waals surface area contributed by atoms with Gasteiger partial charge < -0.3 is 8.92 Å². The largest absolute Gasteiger partial charge is 0.493 e. The number of carbonyl (C=O) groups is 2. The molecule has 1 heterocycles. The highest BCUT2D eigenvalue weighted by molar-refractivity contribution is 8.18. The van der Waals surface area contributed by atoms with Crippen molar-refractivity contribution in [3.8, 4) is 11.5 Å². The molecule has 0 bridgehead atoms. The zero-order valence-electron chi connectivity index (χ0n) is 19.0. The Bertz CT molecular complexity index is 1470. The Morgan fingerprint density at radius 2 is 1.67 bits per heavy atom. The molecule has 1 aliphatic rings. The number of halogens is 2. The minimum Gasteiger partial charge on any atom is -0.493 e. The number of amides is 2. The van der Waals surface area contributed by atoms with Gasteiger partial charge in [-0.05, 0) is 72.3 Å². The molecule has 3 aromatic carbocycles. The molecule has 186 valence electrons. The van der Waals surface area contributed by atoms with Crippen molar-refractivity contribution in [2.75, 3.05) is 7.11 Å². The summed E-state index contributed by atoms with van der Waals surface area (Å²) < 4.78 is 35.9. The van der Waals surface area contributed by atoms with Crippen LogP contribution in [0.1, 0.15) is 16.7 Å². The smallest absolute Gasteiger partial charge is 0.339 e. The van der Waals surface area contributed by atoms with E-state index in [0.29, 0.717) is 10.6 Å². The number of imide groups is 1. The molecular weight excluding hydrogens is 545 g/mol. The Kier molecular flexibility index (Phi) is 7.65. The highest BCUT2D eigenvalue weighted by Crippen LogP contribution is 2.40. The first-order valence-electron chi connectivity index (χ1n) is 10.5. The fraction of sp³-hybridized carbons (Fsp3) is 0.120. The molecule has 0 spiro atoms. The third-order valence-corrected chi connectivity index (χ3v) is 7.86. The van der Waals surface area contributed by atoms with Crippen LogP contribution in [0.15, 0.2) is 70.5 Å². The van der Waals surface area contributed by atoms with Gasteiger partial charge >= 0.3 is 10.1 Å². The summed E-state index contributed by atoms with van der Waals surface area (Å²) in [7, 11) is -2.90. The van der Waals surface area contributed by atoms with Crippen molar-refractivity contribution < 1.29 is 26.9 Å². The fourth-order valence-corrected chi connectivity index (χ4v) is 5.55. The first-order chi connectivity index (χ1) is 17.1. The number of hydrogen-bond donors (Lipinski definition) is 0. The molecule has 0 radical (unpaired) electrons. The van der Waals surface area contributed by atoms with Crippen LogP contribution in [0, 0.1) is 6.92 Å². The Hall–Kier alpha value is -2.98. The van der Waals surface area contributed by atoms with Crippen LogP contribution in [-0.4, -0.2) is 31.6 Å². The molecular formula is C25H19Cl2NO6S2. The number of methoxy groups -OCH3 is 1. The molecule has 11 heteroatoms. The summed E-state index contributed by atoms with van der Waals surface area (Å²) >= 11 is 13.0. The summed E-state index contributed by atoms with van der Waals surface area (Å²) in [4.78, 5) is 26.6. The number of nitrogens with zero attached hydrogens (tertiary/aromatic N) is 1. The predicted octanol–water partition coefficient (Wildman–Crippen LogP) is 6.31. The monoisotopic (exact) mass is 563 g/mol. The lowest BCUT2D eigenvalue weighted by atomic mass is 10.1. The summed E-state index contributed by atoms with van der Waals surface area (Å²) in [5.41, 5.74) is 2.33. The number of ether oxygens (including phenoxy) is 1. The molecule has 1 fully saturated rings. The van der Waals surface area contributed by atoms with Crippen molar-refractivity contribution in [3.63, 3.8) is 0 Å². The van der Waals surface area contributed by atoms with Gasteiger partial charge in [-0.1, -0.05) is 53.0 Å². The van der Waals surface area contributed by atoms with E-state index in [9.17, 15) is 18.0 Å². The molecule has 4 rings (SSSR count). The Morgan fingerprint density at radius 1 is 1.00 bits per heavy atom. The van der Waals surface area contributed by atoms with Crippen molar-refractivity contribution in [1.82, 2.24) is 4.90 Å². The van der Waals surface area contributed by atoms with E-state index in [1.165, 1.54) is 49.6 Å². The molecule has 36 heavy (non-hydrogen) atoms. The lowest BCUT2D eigenvalue weighted by Crippen LogP contribution is -2.27. The first-order valence-corrected chi connectivity index (χ1v) is 13.4. The third-order valence-electron chi connectivity index (χ3n) is 5.18. The molecule has 0 atom stereocenters. The van der Waals surface area contributed by atoms with Crippen LogP contribution in [0.25, 0.3) is 6.08 Å². The SMILES string of the molecule is COc1cc(/C=C2\SC(=O)N(Cc3ccc(C)cc3)C2=O)cc(Cl)c1OS(=O)(=O)c1ccc(Cl)cc1. The van der Waals surface area contributed by atoms with Gasteiger partial charge in [0.25, 0.3) is 11.1 Å². The highest BCUT2D eigenvalue weighted by Gasteiger charge is 2.35. The lowest BCUT2D eigenvalue weighted by molar-refractivity contribution is -0.123. The van der Waals surface area contributed by atoms with Crippen LogP contribution in [0.5, 0.6) is 11.5 Å². The minimum atomic E-state index is -4.22. The maximum Gasteiger partial charge on any atom is 0.339 e. The average molecular weight is 564 g/mol. The summed E-state index contributed by atoms with van der Waals surface area (Å²) in [6, 6.07) is 15.9. The van der Waals surface area contributed by atoms with E-state index >= 15 is 0 Å². The van der Waals surface area contributed by atoms with Crippen molar-refractivity contribution in [1.29, 1.82) is 0 Å². The number of rotatable bonds is 7. The van der Waals surface area contributed by atoms with Crippen LogP contribution < -0.4 is 8.92 Å². The van der Waals surface area contributed by atoms with Crippen molar-refractivity contribution in [2.24, 2.45) is 0 Å². The molecule has 0 aromatic heterocycles. The maximum atomic E-state index is 12.9. The molecule has 3 aromatic rings. The Balaban J connectivity index is 1.59. The van der Waals surface area contributed by atoms with Gasteiger partial charge in [0.05, 0.1) is 23.6 Å². The van der Waals surface area contributed by atoms with Crippen LogP contribution in [0.4, 0.5) is 4.79 Å². The molecule has 0 unspecified atom stereocenters. The molecule has 7 nitrogen and oxygen atoms in total. The van der Waals surface area contributed by atoms with E-state index in [0.717, 1.165) is 27.8 Å². The van der Waals surface area contributed by atoms with Crippen LogP contribution >= 0.6 is 35.0 Å². The summed E-state index contributed by atoms with van der Waals surface area (Å²) in [5, 5.41) is -0.0758. The van der Waals surface area contributed by atoms with Crippen molar-refractivity contribution >= 4 is 62.3 Å². The second-order valence-electron chi connectivity index (χ2n) is 7.78. The highest BCUT2D eigenvalue weighted by atomic mass is 35.5. The van der Waals surface area contributed by atoms with Gasteiger partial charge in [0.15, 0.2) is 5.75 Å². The van der Waals surface area contributed by atoms with E-state index in [4.69, 9.17) is 32.1 Å². The van der Waals surface area contributed by atoms with E-state index in [-0.39, 0.29) is 38.1 Å². The van der Waals surface area contributed by atoms with Crippen molar-refractivity contribution in [2.45, 2.75) is 18.4 Å². The van der Waals surface area contributed by atoms with Crippen LogP contribution in [0.3, 0.4) is 0 Å². The quantitative estimate of drug-likeness (QED) is 0.245. The summed E-state index contributed by atoms with van der Waals surface area (Å²) in [6.45, 7) is 2.11. The van der Waals surface area contributed by atoms with Gasteiger partial charge in [0, 0.05) is 5.02 Å². The maximum absolute atomic E-state index is 12.9. The molecule has 0 N–H and O–H groups in total. The predicted molar refractivity (Wildman–Crippen MR) is 140 cm³/mol. The topological polar surface area (TPSA) is 90.0 Å². The average Bonchev–Trinajstić information content (AvgIpc) is 3.09.